The molecule has 0 aliphatic heterocycles. The minimum absolute atomic E-state index is 0.0729. The van der Waals surface area contributed by atoms with Gasteiger partial charge in [0.1, 0.15) is 0 Å². The Morgan fingerprint density at radius 2 is 2.20 bits per heavy atom. The maximum atomic E-state index is 9.39. The molecular formula is C11H21N3O. The van der Waals surface area contributed by atoms with E-state index in [1.54, 1.807) is 6.20 Å². The third kappa shape index (κ3) is 3.32. The summed E-state index contributed by atoms with van der Waals surface area (Å²) in [5.41, 5.74) is 1.14. The van der Waals surface area contributed by atoms with Crippen molar-refractivity contribution < 1.29 is 5.11 Å². The molecule has 1 heterocycles. The number of nitrogens with zero attached hydrogens (tertiary/aromatic N) is 2. The van der Waals surface area contributed by atoms with Crippen LogP contribution in [0.2, 0.25) is 0 Å². The molecule has 0 aliphatic carbocycles. The summed E-state index contributed by atoms with van der Waals surface area (Å²) < 4.78 is 0. The van der Waals surface area contributed by atoms with Crippen LogP contribution in [0.3, 0.4) is 0 Å². The summed E-state index contributed by atoms with van der Waals surface area (Å²) in [5.74, 6) is 0. The smallest absolute Gasteiger partial charge is 0.0591 e. The molecule has 1 aromatic rings. The number of H-pyrrole nitrogens is 1. The zero-order chi connectivity index (χ0) is 11.5. The zero-order valence-corrected chi connectivity index (χ0v) is 9.99. The van der Waals surface area contributed by atoms with Crippen molar-refractivity contribution in [2.75, 3.05) is 13.7 Å². The summed E-state index contributed by atoms with van der Waals surface area (Å²) in [4.78, 5) is 2.15. The van der Waals surface area contributed by atoms with Crippen molar-refractivity contribution in [3.8, 4) is 0 Å². The monoisotopic (exact) mass is 211 g/mol. The molecule has 0 saturated carbocycles. The van der Waals surface area contributed by atoms with Crippen molar-refractivity contribution in [3.05, 3.63) is 18.0 Å². The van der Waals surface area contributed by atoms with Gasteiger partial charge in [-0.05, 0) is 18.5 Å². The molecule has 0 spiro atoms. The molecule has 0 aromatic carbocycles. The standard InChI is InChI=1S/C11H21N3O/c1-11(2,3)10(8-15)14(4)7-9-5-6-12-13-9/h5-6,10,15H,7-8H2,1-4H3,(H,12,13). The summed E-state index contributed by atoms with van der Waals surface area (Å²) in [5, 5.41) is 16.2. The lowest BCUT2D eigenvalue weighted by Gasteiger charge is -2.36. The molecule has 0 fully saturated rings. The van der Waals surface area contributed by atoms with Gasteiger partial charge in [-0.25, -0.2) is 0 Å². The quantitative estimate of drug-likeness (QED) is 0.788. The largest absolute Gasteiger partial charge is 0.395 e. The highest BCUT2D eigenvalue weighted by molar-refractivity contribution is 4.98. The van der Waals surface area contributed by atoms with E-state index < -0.39 is 0 Å². The van der Waals surface area contributed by atoms with Crippen LogP contribution in [0.4, 0.5) is 0 Å². The summed E-state index contributed by atoms with van der Waals surface area (Å²) in [6.45, 7) is 7.36. The molecule has 15 heavy (non-hydrogen) atoms. The molecule has 2 N–H and O–H groups in total. The predicted molar refractivity (Wildman–Crippen MR) is 60.4 cm³/mol. The normalized spacial score (nSPS) is 14.5. The molecular weight excluding hydrogens is 190 g/mol. The van der Waals surface area contributed by atoms with Crippen LogP contribution in [0.1, 0.15) is 26.5 Å². The average molecular weight is 211 g/mol. The van der Waals surface area contributed by atoms with Crippen molar-refractivity contribution in [2.45, 2.75) is 33.4 Å². The average Bonchev–Trinajstić information content (AvgIpc) is 2.54. The maximum Gasteiger partial charge on any atom is 0.0591 e. The van der Waals surface area contributed by atoms with Crippen LogP contribution in [0.15, 0.2) is 12.3 Å². The Morgan fingerprint density at radius 1 is 1.53 bits per heavy atom. The molecule has 0 saturated heterocycles. The Labute approximate surface area is 91.3 Å². The van der Waals surface area contributed by atoms with E-state index in [-0.39, 0.29) is 18.1 Å². The minimum atomic E-state index is 0.0729. The highest BCUT2D eigenvalue weighted by Crippen LogP contribution is 2.23. The van der Waals surface area contributed by atoms with Gasteiger partial charge >= 0.3 is 0 Å². The first-order chi connectivity index (χ1) is 6.95. The molecule has 4 nitrogen and oxygen atoms in total. The summed E-state index contributed by atoms with van der Waals surface area (Å²) >= 11 is 0. The van der Waals surface area contributed by atoms with Crippen LogP contribution in [-0.2, 0) is 6.54 Å². The van der Waals surface area contributed by atoms with Gasteiger partial charge in [-0.3, -0.25) is 10.00 Å². The molecule has 1 aromatic heterocycles. The van der Waals surface area contributed by atoms with Crippen molar-refractivity contribution >= 4 is 0 Å². The molecule has 1 rings (SSSR count). The number of nitrogens with one attached hydrogen (secondary N) is 1. The Hall–Kier alpha value is -0.870. The summed E-state index contributed by atoms with van der Waals surface area (Å²) in [6, 6.07) is 2.11. The van der Waals surface area contributed by atoms with Crippen molar-refractivity contribution in [1.29, 1.82) is 0 Å². The fraction of sp³-hybridized carbons (Fsp3) is 0.727. The van der Waals surface area contributed by atoms with Gasteiger partial charge in [0, 0.05) is 24.5 Å². The second-order valence-electron chi connectivity index (χ2n) is 5.06. The van der Waals surface area contributed by atoms with E-state index in [9.17, 15) is 5.11 Å². The van der Waals surface area contributed by atoms with E-state index in [1.165, 1.54) is 0 Å². The van der Waals surface area contributed by atoms with Gasteiger partial charge in [0.05, 0.1) is 6.61 Å². The molecule has 1 atom stereocenters. The van der Waals surface area contributed by atoms with Gasteiger partial charge in [-0.15, -0.1) is 0 Å². The molecule has 0 bridgehead atoms. The summed E-state index contributed by atoms with van der Waals surface area (Å²) in [6.07, 6.45) is 1.74. The van der Waals surface area contributed by atoms with Crippen LogP contribution in [0, 0.1) is 5.41 Å². The van der Waals surface area contributed by atoms with E-state index in [2.05, 4.69) is 35.9 Å². The van der Waals surface area contributed by atoms with E-state index in [0.717, 1.165) is 12.2 Å². The lowest BCUT2D eigenvalue weighted by Crippen LogP contribution is -2.44. The Kier molecular flexibility index (Phi) is 3.88. The molecule has 1 unspecified atom stereocenters. The fourth-order valence-corrected chi connectivity index (χ4v) is 1.83. The molecule has 4 heteroatoms. The minimum Gasteiger partial charge on any atom is -0.395 e. The maximum absolute atomic E-state index is 9.39. The van der Waals surface area contributed by atoms with Gasteiger partial charge in [0.25, 0.3) is 0 Å². The molecule has 0 aliphatic rings. The van der Waals surface area contributed by atoms with Crippen molar-refractivity contribution in [1.82, 2.24) is 15.1 Å². The van der Waals surface area contributed by atoms with E-state index in [4.69, 9.17) is 0 Å². The third-order valence-corrected chi connectivity index (χ3v) is 2.68. The number of rotatable bonds is 4. The zero-order valence-electron chi connectivity index (χ0n) is 9.99. The molecule has 86 valence electrons. The van der Waals surface area contributed by atoms with E-state index in [0.29, 0.717) is 0 Å². The topological polar surface area (TPSA) is 52.2 Å². The Bertz CT molecular complexity index is 277. The Balaban J connectivity index is 2.62. The lowest BCUT2D eigenvalue weighted by molar-refractivity contribution is 0.0606. The highest BCUT2D eigenvalue weighted by Gasteiger charge is 2.27. The number of aliphatic hydroxyl groups is 1. The fourth-order valence-electron chi connectivity index (χ4n) is 1.83. The summed E-state index contributed by atoms with van der Waals surface area (Å²) in [7, 11) is 2.02. The SMILES string of the molecule is CN(Cc1ccn[nH]1)C(CO)C(C)(C)C. The van der Waals surface area contributed by atoms with Crippen LogP contribution in [-0.4, -0.2) is 39.9 Å². The van der Waals surface area contributed by atoms with Gasteiger partial charge in [-0.1, -0.05) is 20.8 Å². The van der Waals surface area contributed by atoms with Crippen LogP contribution >= 0.6 is 0 Å². The second kappa shape index (κ2) is 4.77. The van der Waals surface area contributed by atoms with Gasteiger partial charge in [-0.2, -0.15) is 5.10 Å². The van der Waals surface area contributed by atoms with Crippen molar-refractivity contribution in [3.63, 3.8) is 0 Å². The number of aliphatic hydroxyl groups excluding tert-OH is 1. The number of hydrogen-bond donors (Lipinski definition) is 2. The first kappa shape index (κ1) is 12.2. The van der Waals surface area contributed by atoms with Gasteiger partial charge in [0.2, 0.25) is 0 Å². The highest BCUT2D eigenvalue weighted by atomic mass is 16.3. The molecule has 0 amide bonds. The second-order valence-corrected chi connectivity index (χ2v) is 5.06. The van der Waals surface area contributed by atoms with Crippen LogP contribution in [0.5, 0.6) is 0 Å². The number of likely N-dealkylation sites (N-methyl/N-ethyl adjacent to an activating group) is 1. The Morgan fingerprint density at radius 3 is 2.60 bits per heavy atom. The first-order valence-corrected chi connectivity index (χ1v) is 5.24. The van der Waals surface area contributed by atoms with Crippen molar-refractivity contribution in [2.24, 2.45) is 5.41 Å². The predicted octanol–water partition coefficient (Wildman–Crippen LogP) is 1.25. The van der Waals surface area contributed by atoms with E-state index >= 15 is 0 Å². The van der Waals surface area contributed by atoms with Gasteiger partial charge in [0.15, 0.2) is 0 Å². The number of aromatic nitrogens is 2. The number of hydrogen-bond acceptors (Lipinski definition) is 3. The van der Waals surface area contributed by atoms with Gasteiger partial charge < -0.3 is 5.11 Å². The van der Waals surface area contributed by atoms with Crippen LogP contribution < -0.4 is 0 Å². The van der Waals surface area contributed by atoms with E-state index in [1.807, 2.05) is 13.1 Å². The first-order valence-electron chi connectivity index (χ1n) is 5.24. The molecule has 0 radical (unpaired) electrons. The third-order valence-electron chi connectivity index (χ3n) is 2.68. The lowest BCUT2D eigenvalue weighted by atomic mass is 9.86. The van der Waals surface area contributed by atoms with Crippen LogP contribution in [0.25, 0.3) is 0 Å². The number of aromatic amines is 1.